The van der Waals surface area contributed by atoms with E-state index < -0.39 is 17.7 Å². The Bertz CT molecular complexity index is 617. The van der Waals surface area contributed by atoms with Gasteiger partial charge in [-0.25, -0.2) is 4.79 Å². The Kier molecular flexibility index (Phi) is 2.67. The Balaban J connectivity index is 1.98. The van der Waals surface area contributed by atoms with Crippen molar-refractivity contribution in [1.29, 1.82) is 0 Å². The highest BCUT2D eigenvalue weighted by molar-refractivity contribution is 5.03. The number of nitrogens with zero attached hydrogens (tertiary/aromatic N) is 1. The molecule has 2 aliphatic heterocycles. The predicted molar refractivity (Wildman–Crippen MR) is 64.9 cm³/mol. The fraction of sp³-hybridized carbons (Fsp3) is 0.667. The number of ether oxygens (including phenoxy) is 3. The van der Waals surface area contributed by atoms with Crippen LogP contribution in [0.25, 0.3) is 0 Å². The van der Waals surface area contributed by atoms with Crippen LogP contribution >= 0.6 is 0 Å². The second-order valence-electron chi connectivity index (χ2n) is 5.34. The van der Waals surface area contributed by atoms with Crippen LogP contribution in [0.5, 0.6) is 0 Å². The average molecular weight is 268 g/mol. The largest absolute Gasteiger partial charge is 0.352 e. The standard InChI is InChI=1S/C12H16N2O5/c1-6-4-14(11(16)13-9(6)15)10-8-7(5-17-10)18-12(2,3)19-8/h4,7-8,10H,5H2,1-3H3,(H,13,15,16)/t7-,8-,10-/m0/s1. The highest BCUT2D eigenvalue weighted by atomic mass is 16.8. The molecule has 7 nitrogen and oxygen atoms in total. The molecule has 1 aromatic rings. The van der Waals surface area contributed by atoms with Gasteiger partial charge in [0.05, 0.1) is 6.61 Å². The van der Waals surface area contributed by atoms with Crippen LogP contribution in [0, 0.1) is 6.92 Å². The molecule has 19 heavy (non-hydrogen) atoms. The first-order chi connectivity index (χ1) is 8.87. The van der Waals surface area contributed by atoms with E-state index in [0.29, 0.717) is 12.2 Å². The summed E-state index contributed by atoms with van der Waals surface area (Å²) in [5.41, 5.74) is -0.445. The van der Waals surface area contributed by atoms with Crippen LogP contribution < -0.4 is 11.2 Å². The Labute approximate surface area is 109 Å². The van der Waals surface area contributed by atoms with Crippen LogP contribution in [0.4, 0.5) is 0 Å². The number of hydrogen-bond donors (Lipinski definition) is 1. The van der Waals surface area contributed by atoms with E-state index in [4.69, 9.17) is 14.2 Å². The van der Waals surface area contributed by atoms with Crippen LogP contribution in [-0.4, -0.2) is 34.2 Å². The van der Waals surface area contributed by atoms with Gasteiger partial charge < -0.3 is 14.2 Å². The summed E-state index contributed by atoms with van der Waals surface area (Å²) >= 11 is 0. The average Bonchev–Trinajstić information content (AvgIpc) is 2.79. The molecule has 3 rings (SSSR count). The quantitative estimate of drug-likeness (QED) is 0.768. The first-order valence-corrected chi connectivity index (χ1v) is 6.17. The van der Waals surface area contributed by atoms with Gasteiger partial charge in [0.15, 0.2) is 12.0 Å². The molecule has 2 fully saturated rings. The van der Waals surface area contributed by atoms with Gasteiger partial charge in [-0.1, -0.05) is 0 Å². The van der Waals surface area contributed by atoms with Crippen molar-refractivity contribution < 1.29 is 14.2 Å². The third-order valence-corrected chi connectivity index (χ3v) is 3.35. The van der Waals surface area contributed by atoms with Gasteiger partial charge in [0.2, 0.25) is 0 Å². The highest BCUT2D eigenvalue weighted by Gasteiger charge is 2.51. The van der Waals surface area contributed by atoms with Gasteiger partial charge in [0.1, 0.15) is 12.2 Å². The molecular formula is C12H16N2O5. The van der Waals surface area contributed by atoms with Gasteiger partial charge in [0, 0.05) is 11.8 Å². The zero-order valence-corrected chi connectivity index (χ0v) is 11.0. The molecule has 0 aromatic carbocycles. The second-order valence-corrected chi connectivity index (χ2v) is 5.34. The van der Waals surface area contributed by atoms with Crippen LogP contribution in [0.1, 0.15) is 25.6 Å². The molecular weight excluding hydrogens is 252 g/mol. The van der Waals surface area contributed by atoms with E-state index in [1.165, 1.54) is 10.8 Å². The number of H-pyrrole nitrogens is 1. The molecule has 0 aliphatic carbocycles. The smallest absolute Gasteiger partial charge is 0.330 e. The highest BCUT2D eigenvalue weighted by Crippen LogP contribution is 2.38. The Morgan fingerprint density at radius 2 is 2.11 bits per heavy atom. The van der Waals surface area contributed by atoms with Crippen molar-refractivity contribution >= 4 is 0 Å². The summed E-state index contributed by atoms with van der Waals surface area (Å²) in [5, 5.41) is 0. The summed E-state index contributed by atoms with van der Waals surface area (Å²) in [6, 6.07) is 0. The van der Waals surface area contributed by atoms with Crippen molar-refractivity contribution in [3.63, 3.8) is 0 Å². The Morgan fingerprint density at radius 3 is 2.84 bits per heavy atom. The van der Waals surface area contributed by atoms with Crippen LogP contribution in [-0.2, 0) is 14.2 Å². The van der Waals surface area contributed by atoms with Gasteiger partial charge in [-0.2, -0.15) is 0 Å². The van der Waals surface area contributed by atoms with Crippen molar-refractivity contribution in [1.82, 2.24) is 9.55 Å². The summed E-state index contributed by atoms with van der Waals surface area (Å²) in [7, 11) is 0. The van der Waals surface area contributed by atoms with Crippen molar-refractivity contribution in [2.24, 2.45) is 0 Å². The molecule has 0 bridgehead atoms. The normalized spacial score (nSPS) is 32.5. The first-order valence-electron chi connectivity index (χ1n) is 6.17. The van der Waals surface area contributed by atoms with E-state index in [1.54, 1.807) is 6.92 Å². The molecule has 0 unspecified atom stereocenters. The van der Waals surface area contributed by atoms with Gasteiger partial charge >= 0.3 is 5.69 Å². The fourth-order valence-corrected chi connectivity index (χ4v) is 2.54. The Morgan fingerprint density at radius 1 is 1.37 bits per heavy atom. The lowest BCUT2D eigenvalue weighted by Gasteiger charge is -2.22. The molecule has 104 valence electrons. The van der Waals surface area contributed by atoms with E-state index >= 15 is 0 Å². The molecule has 0 spiro atoms. The number of fused-ring (bicyclic) bond motifs is 1. The summed E-state index contributed by atoms with van der Waals surface area (Å²) in [5.74, 6) is -0.682. The third kappa shape index (κ3) is 2.03. The van der Waals surface area contributed by atoms with Crippen molar-refractivity contribution in [3.05, 3.63) is 32.6 Å². The maximum atomic E-state index is 11.9. The maximum absolute atomic E-state index is 11.9. The van der Waals surface area contributed by atoms with Crippen molar-refractivity contribution in [3.8, 4) is 0 Å². The van der Waals surface area contributed by atoms with Crippen molar-refractivity contribution in [2.75, 3.05) is 6.61 Å². The molecule has 0 saturated carbocycles. The van der Waals surface area contributed by atoms with Gasteiger partial charge in [-0.05, 0) is 20.8 Å². The van der Waals surface area contributed by atoms with Gasteiger partial charge in [-0.15, -0.1) is 0 Å². The molecule has 1 aromatic heterocycles. The molecule has 0 amide bonds. The van der Waals surface area contributed by atoms with Gasteiger partial charge in [-0.3, -0.25) is 14.3 Å². The molecule has 3 atom stereocenters. The summed E-state index contributed by atoms with van der Waals surface area (Å²) in [6.07, 6.45) is 0.370. The Hall–Kier alpha value is -1.44. The lowest BCUT2D eigenvalue weighted by atomic mass is 10.2. The maximum Gasteiger partial charge on any atom is 0.330 e. The van der Waals surface area contributed by atoms with E-state index in [2.05, 4.69) is 4.98 Å². The number of aromatic amines is 1. The summed E-state index contributed by atoms with van der Waals surface area (Å²) < 4.78 is 18.4. The van der Waals surface area contributed by atoms with Crippen LogP contribution in [0.15, 0.2) is 15.8 Å². The SMILES string of the molecule is Cc1cn([C@H]2OC[C@@H]3OC(C)(C)O[C@@H]32)c(=O)[nH]c1=O. The minimum Gasteiger partial charge on any atom is -0.352 e. The summed E-state index contributed by atoms with van der Waals surface area (Å²) in [4.78, 5) is 25.5. The predicted octanol–water partition coefficient (Wildman–Crippen LogP) is -0.106. The molecule has 2 aliphatic rings. The lowest BCUT2D eigenvalue weighted by Crippen LogP contribution is -2.38. The zero-order chi connectivity index (χ0) is 13.8. The first kappa shape index (κ1) is 12.6. The number of aryl methyl sites for hydroxylation is 1. The van der Waals surface area contributed by atoms with E-state index in [0.717, 1.165) is 0 Å². The summed E-state index contributed by atoms with van der Waals surface area (Å²) in [6.45, 7) is 5.65. The molecule has 1 N–H and O–H groups in total. The van der Waals surface area contributed by atoms with E-state index in [9.17, 15) is 9.59 Å². The van der Waals surface area contributed by atoms with Crippen molar-refractivity contribution in [2.45, 2.75) is 45.0 Å². The topological polar surface area (TPSA) is 82.6 Å². The monoisotopic (exact) mass is 268 g/mol. The van der Waals surface area contributed by atoms with Crippen LogP contribution in [0.2, 0.25) is 0 Å². The van der Waals surface area contributed by atoms with Crippen LogP contribution in [0.3, 0.4) is 0 Å². The minimum absolute atomic E-state index is 0.195. The third-order valence-electron chi connectivity index (χ3n) is 3.35. The number of nitrogens with one attached hydrogen (secondary N) is 1. The van der Waals surface area contributed by atoms with E-state index in [-0.39, 0.29) is 17.8 Å². The fourth-order valence-electron chi connectivity index (χ4n) is 2.54. The second kappa shape index (κ2) is 4.03. The van der Waals surface area contributed by atoms with Gasteiger partial charge in [0.25, 0.3) is 5.56 Å². The number of aromatic nitrogens is 2. The molecule has 2 saturated heterocycles. The number of hydrogen-bond acceptors (Lipinski definition) is 5. The zero-order valence-electron chi connectivity index (χ0n) is 11.0. The van der Waals surface area contributed by atoms with E-state index in [1.807, 2.05) is 13.8 Å². The number of rotatable bonds is 1. The molecule has 3 heterocycles. The minimum atomic E-state index is -0.682. The lowest BCUT2D eigenvalue weighted by molar-refractivity contribution is -0.184. The molecule has 7 heteroatoms. The molecule has 0 radical (unpaired) electrons.